The number of aromatic nitrogens is 2. The van der Waals surface area contributed by atoms with E-state index < -0.39 is 0 Å². The number of anilines is 1. The summed E-state index contributed by atoms with van der Waals surface area (Å²) in [5.74, 6) is -0.336. The number of carbonyl (C=O) groups excluding carboxylic acids is 1. The molecule has 18 heavy (non-hydrogen) atoms. The molecule has 2 heterocycles. The van der Waals surface area contributed by atoms with Crippen LogP contribution >= 0.6 is 15.9 Å². The number of aryl methyl sites for hydroxylation is 1. The lowest BCUT2D eigenvalue weighted by Crippen LogP contribution is -2.20. The number of amides is 1. The van der Waals surface area contributed by atoms with Gasteiger partial charge in [-0.2, -0.15) is 0 Å². The number of hydrogen-bond donors (Lipinski definition) is 1. The van der Waals surface area contributed by atoms with E-state index in [1.165, 1.54) is 16.8 Å². The Balaban J connectivity index is 2.19. The maximum absolute atomic E-state index is 11.9. The molecule has 0 spiro atoms. The molecule has 1 amide bonds. The first kappa shape index (κ1) is 12.5. The van der Waals surface area contributed by atoms with Crippen LogP contribution < -0.4 is 10.9 Å². The van der Waals surface area contributed by atoms with E-state index >= 15 is 0 Å². The lowest BCUT2D eigenvalue weighted by atomic mass is 10.2. The summed E-state index contributed by atoms with van der Waals surface area (Å²) < 4.78 is 2.09. The van der Waals surface area contributed by atoms with Gasteiger partial charge in [0.05, 0.1) is 11.9 Å². The van der Waals surface area contributed by atoms with Gasteiger partial charge in [0.15, 0.2) is 0 Å². The van der Waals surface area contributed by atoms with Crippen molar-refractivity contribution in [3.8, 4) is 0 Å². The highest BCUT2D eigenvalue weighted by atomic mass is 79.9. The zero-order chi connectivity index (χ0) is 13.1. The van der Waals surface area contributed by atoms with Crippen molar-refractivity contribution in [3.63, 3.8) is 0 Å². The first-order valence-corrected chi connectivity index (χ1v) is 5.95. The van der Waals surface area contributed by atoms with Crippen molar-refractivity contribution >= 4 is 27.5 Å². The molecule has 5 nitrogen and oxygen atoms in total. The highest BCUT2D eigenvalue weighted by Gasteiger charge is 2.07. The fourth-order valence-corrected chi connectivity index (χ4v) is 1.58. The van der Waals surface area contributed by atoms with Crippen LogP contribution in [-0.2, 0) is 7.05 Å². The Hall–Kier alpha value is -1.95. The molecule has 0 saturated heterocycles. The highest BCUT2D eigenvalue weighted by Crippen LogP contribution is 2.11. The number of carbonyl (C=O) groups is 1. The van der Waals surface area contributed by atoms with Gasteiger partial charge in [-0.3, -0.25) is 9.59 Å². The second kappa shape index (κ2) is 5.14. The molecule has 0 fully saturated rings. The predicted octanol–water partition coefficient (Wildman–Crippen LogP) is 1.80. The molecule has 2 aromatic rings. The van der Waals surface area contributed by atoms with Gasteiger partial charge >= 0.3 is 0 Å². The van der Waals surface area contributed by atoms with Crippen molar-refractivity contribution in [1.29, 1.82) is 0 Å². The van der Waals surface area contributed by atoms with Gasteiger partial charge in [0.2, 0.25) is 0 Å². The summed E-state index contributed by atoms with van der Waals surface area (Å²) in [7, 11) is 1.63. The van der Waals surface area contributed by atoms with Crippen LogP contribution in [0, 0.1) is 0 Å². The molecular weight excluding hydrogens is 298 g/mol. The molecular formula is C12H10BrN3O2. The van der Waals surface area contributed by atoms with E-state index in [0.29, 0.717) is 15.9 Å². The van der Waals surface area contributed by atoms with E-state index in [1.807, 2.05) is 0 Å². The molecule has 0 atom stereocenters. The fourth-order valence-electron chi connectivity index (χ4n) is 1.34. The SMILES string of the molecule is Cn1ccc(C(=O)Nc2ccc(Br)nc2)cc1=O. The first-order valence-electron chi connectivity index (χ1n) is 5.16. The number of nitrogens with one attached hydrogen (secondary N) is 1. The Bertz CT molecular complexity index is 635. The minimum atomic E-state index is -0.336. The quantitative estimate of drug-likeness (QED) is 0.860. The third-order valence-corrected chi connectivity index (χ3v) is 2.82. The summed E-state index contributed by atoms with van der Waals surface area (Å²) >= 11 is 3.21. The van der Waals surface area contributed by atoms with E-state index in [-0.39, 0.29) is 11.5 Å². The standard InChI is InChI=1S/C12H10BrN3O2/c1-16-5-4-8(6-11(16)17)12(18)15-9-2-3-10(13)14-7-9/h2-7H,1H3,(H,15,18). The van der Waals surface area contributed by atoms with Crippen molar-refractivity contribution in [1.82, 2.24) is 9.55 Å². The summed E-state index contributed by atoms with van der Waals surface area (Å²) in [5.41, 5.74) is 0.668. The summed E-state index contributed by atoms with van der Waals surface area (Å²) in [4.78, 5) is 27.3. The lowest BCUT2D eigenvalue weighted by Gasteiger charge is -2.05. The average molecular weight is 308 g/mol. The predicted molar refractivity (Wildman–Crippen MR) is 71.6 cm³/mol. The van der Waals surface area contributed by atoms with Gasteiger partial charge in [-0.1, -0.05) is 0 Å². The van der Waals surface area contributed by atoms with Gasteiger partial charge in [0.1, 0.15) is 4.60 Å². The molecule has 0 unspecified atom stereocenters. The van der Waals surface area contributed by atoms with Gasteiger partial charge in [0.25, 0.3) is 11.5 Å². The largest absolute Gasteiger partial charge is 0.321 e. The highest BCUT2D eigenvalue weighted by molar-refractivity contribution is 9.10. The number of rotatable bonds is 2. The Morgan fingerprint density at radius 3 is 2.78 bits per heavy atom. The molecule has 0 aliphatic rings. The number of pyridine rings is 2. The summed E-state index contributed by atoms with van der Waals surface area (Å²) in [6, 6.07) is 6.32. The van der Waals surface area contributed by atoms with E-state index in [1.54, 1.807) is 31.4 Å². The molecule has 92 valence electrons. The van der Waals surface area contributed by atoms with Crippen LogP contribution in [0.3, 0.4) is 0 Å². The first-order chi connectivity index (χ1) is 8.56. The zero-order valence-electron chi connectivity index (χ0n) is 9.55. The van der Waals surface area contributed by atoms with Crippen molar-refractivity contribution in [3.05, 3.63) is 57.2 Å². The van der Waals surface area contributed by atoms with E-state index in [0.717, 1.165) is 0 Å². The second-order valence-electron chi connectivity index (χ2n) is 3.69. The molecule has 0 aromatic carbocycles. The Kier molecular flexibility index (Phi) is 3.57. The number of halogens is 1. The van der Waals surface area contributed by atoms with Crippen LogP contribution in [-0.4, -0.2) is 15.5 Å². The van der Waals surface area contributed by atoms with Crippen molar-refractivity contribution in [2.75, 3.05) is 5.32 Å². The normalized spacial score (nSPS) is 10.1. The van der Waals surface area contributed by atoms with Crippen LogP contribution in [0.5, 0.6) is 0 Å². The third-order valence-electron chi connectivity index (χ3n) is 2.35. The minimum Gasteiger partial charge on any atom is -0.321 e. The fraction of sp³-hybridized carbons (Fsp3) is 0.0833. The van der Waals surface area contributed by atoms with Crippen molar-refractivity contribution in [2.45, 2.75) is 0 Å². The van der Waals surface area contributed by atoms with Crippen LogP contribution in [0.2, 0.25) is 0 Å². The van der Waals surface area contributed by atoms with E-state index in [9.17, 15) is 9.59 Å². The number of nitrogens with zero attached hydrogens (tertiary/aromatic N) is 2. The molecule has 0 aliphatic carbocycles. The third kappa shape index (κ3) is 2.84. The van der Waals surface area contributed by atoms with Crippen LogP contribution in [0.25, 0.3) is 0 Å². The zero-order valence-corrected chi connectivity index (χ0v) is 11.1. The molecule has 6 heteroatoms. The molecule has 0 bridgehead atoms. The molecule has 0 saturated carbocycles. The van der Waals surface area contributed by atoms with Crippen LogP contribution in [0.15, 0.2) is 46.1 Å². The van der Waals surface area contributed by atoms with Crippen molar-refractivity contribution in [2.24, 2.45) is 7.05 Å². The molecule has 0 aliphatic heterocycles. The molecule has 0 radical (unpaired) electrons. The summed E-state index contributed by atoms with van der Waals surface area (Å²) in [5, 5.41) is 2.66. The maximum Gasteiger partial charge on any atom is 0.255 e. The number of hydrogen-bond acceptors (Lipinski definition) is 3. The van der Waals surface area contributed by atoms with Gasteiger partial charge in [-0.15, -0.1) is 0 Å². The Labute approximate surface area is 112 Å². The lowest BCUT2D eigenvalue weighted by molar-refractivity contribution is 0.102. The van der Waals surface area contributed by atoms with Crippen LogP contribution in [0.1, 0.15) is 10.4 Å². The van der Waals surface area contributed by atoms with Crippen molar-refractivity contribution < 1.29 is 4.79 Å². The molecule has 2 aromatic heterocycles. The monoisotopic (exact) mass is 307 g/mol. The van der Waals surface area contributed by atoms with Gasteiger partial charge < -0.3 is 9.88 Å². The van der Waals surface area contributed by atoms with Gasteiger partial charge in [0, 0.05) is 24.9 Å². The van der Waals surface area contributed by atoms with Gasteiger partial charge in [-0.25, -0.2) is 4.98 Å². The molecule has 1 N–H and O–H groups in total. The summed E-state index contributed by atoms with van der Waals surface area (Å²) in [6.45, 7) is 0. The molecule has 2 rings (SSSR count). The van der Waals surface area contributed by atoms with Gasteiger partial charge in [-0.05, 0) is 34.1 Å². The Morgan fingerprint density at radius 2 is 2.17 bits per heavy atom. The Morgan fingerprint density at radius 1 is 1.39 bits per heavy atom. The minimum absolute atomic E-state index is 0.225. The average Bonchev–Trinajstić information content (AvgIpc) is 2.35. The smallest absolute Gasteiger partial charge is 0.255 e. The summed E-state index contributed by atoms with van der Waals surface area (Å²) in [6.07, 6.45) is 3.08. The van der Waals surface area contributed by atoms with E-state index in [4.69, 9.17) is 0 Å². The van der Waals surface area contributed by atoms with Crippen LogP contribution in [0.4, 0.5) is 5.69 Å². The second-order valence-corrected chi connectivity index (χ2v) is 4.50. The topological polar surface area (TPSA) is 64.0 Å². The van der Waals surface area contributed by atoms with E-state index in [2.05, 4.69) is 26.2 Å². The maximum atomic E-state index is 11.9.